The molecule has 0 fully saturated rings. The third-order valence-electron chi connectivity index (χ3n) is 2.44. The first-order chi connectivity index (χ1) is 9.63. The number of fused-ring (bicyclic) bond motifs is 1. The van der Waals surface area contributed by atoms with Crippen molar-refractivity contribution in [3.8, 4) is 0 Å². The van der Waals surface area contributed by atoms with Crippen molar-refractivity contribution in [2.45, 2.75) is 13.5 Å². The highest BCUT2D eigenvalue weighted by Crippen LogP contribution is 2.14. The molecule has 0 unspecified atom stereocenters. The fourth-order valence-electron chi connectivity index (χ4n) is 1.60. The van der Waals surface area contributed by atoms with Crippen LogP contribution in [0.25, 0.3) is 5.65 Å². The predicted molar refractivity (Wildman–Crippen MR) is 68.8 cm³/mol. The molecule has 0 aliphatic carbocycles. The van der Waals surface area contributed by atoms with Gasteiger partial charge in [-0.3, -0.25) is 0 Å². The number of hydrogen-bond donors (Lipinski definition) is 0. The summed E-state index contributed by atoms with van der Waals surface area (Å²) in [5.41, 5.74) is 0.689. The molecule has 0 radical (unpaired) electrons. The molecule has 0 spiro atoms. The van der Waals surface area contributed by atoms with Gasteiger partial charge in [0.15, 0.2) is 18.1 Å². The highest BCUT2D eigenvalue weighted by atomic mass is 79.9. The Kier molecular flexibility index (Phi) is 3.18. The Hall–Kier alpha value is -2.29. The summed E-state index contributed by atoms with van der Waals surface area (Å²) in [5.74, 6) is 0.173. The molecule has 3 aromatic rings. The molecule has 3 rings (SSSR count). The van der Waals surface area contributed by atoms with Crippen molar-refractivity contribution in [1.82, 2.24) is 24.7 Å². The van der Waals surface area contributed by atoms with Gasteiger partial charge in [0.25, 0.3) is 5.89 Å². The average Bonchev–Trinajstić information content (AvgIpc) is 3.01. The van der Waals surface area contributed by atoms with Gasteiger partial charge in [-0.1, -0.05) is 5.16 Å². The molecule has 0 atom stereocenters. The summed E-state index contributed by atoms with van der Waals surface area (Å²) in [5, 5.41) is 7.64. The third-order valence-corrected chi connectivity index (χ3v) is 2.85. The third kappa shape index (κ3) is 2.39. The van der Waals surface area contributed by atoms with Crippen LogP contribution in [0.2, 0.25) is 0 Å². The fourth-order valence-corrected chi connectivity index (χ4v) is 1.90. The van der Waals surface area contributed by atoms with Gasteiger partial charge in [-0.25, -0.2) is 14.3 Å². The lowest BCUT2D eigenvalue weighted by molar-refractivity contribution is 0.0432. The minimum absolute atomic E-state index is 0.0897. The van der Waals surface area contributed by atoms with Gasteiger partial charge in [0.1, 0.15) is 5.56 Å². The summed E-state index contributed by atoms with van der Waals surface area (Å²) in [6.45, 7) is 1.59. The average molecular weight is 338 g/mol. The van der Waals surface area contributed by atoms with Gasteiger partial charge >= 0.3 is 5.97 Å². The summed E-state index contributed by atoms with van der Waals surface area (Å²) in [7, 11) is 0. The van der Waals surface area contributed by atoms with Gasteiger partial charge in [-0.05, 0) is 22.9 Å². The largest absolute Gasteiger partial charge is 0.452 e. The van der Waals surface area contributed by atoms with Crippen molar-refractivity contribution in [1.29, 1.82) is 0 Å². The quantitative estimate of drug-likeness (QED) is 0.669. The summed E-state index contributed by atoms with van der Waals surface area (Å²) in [6.07, 6.45) is 4.67. The van der Waals surface area contributed by atoms with Gasteiger partial charge in [-0.15, -0.1) is 0 Å². The molecule has 3 aromatic heterocycles. The number of halogens is 1. The van der Waals surface area contributed by atoms with Crippen LogP contribution in [0.5, 0.6) is 0 Å². The number of rotatable bonds is 3. The van der Waals surface area contributed by atoms with Crippen LogP contribution in [-0.2, 0) is 11.3 Å². The Morgan fingerprint density at radius 3 is 3.10 bits per heavy atom. The first kappa shape index (κ1) is 12.7. The Morgan fingerprint density at radius 1 is 1.50 bits per heavy atom. The number of ether oxygens (including phenoxy) is 1. The Balaban J connectivity index is 1.78. The fraction of sp³-hybridized carbons (Fsp3) is 0.182. The topological polar surface area (TPSA) is 95.4 Å². The van der Waals surface area contributed by atoms with Crippen LogP contribution in [0.3, 0.4) is 0 Å². The number of carbonyl (C=O) groups is 1. The zero-order valence-electron chi connectivity index (χ0n) is 10.3. The molecule has 0 aliphatic heterocycles. The SMILES string of the molecule is Cc1noc(COC(=O)c2cnn3cc(Br)cnc23)n1. The van der Waals surface area contributed by atoms with E-state index in [0.717, 1.165) is 4.47 Å². The predicted octanol–water partition coefficient (Wildman–Crippen LogP) is 1.54. The second-order valence-electron chi connectivity index (χ2n) is 3.91. The molecule has 8 nitrogen and oxygen atoms in total. The van der Waals surface area contributed by atoms with E-state index >= 15 is 0 Å². The van der Waals surface area contributed by atoms with Crippen LogP contribution in [0.4, 0.5) is 0 Å². The van der Waals surface area contributed by atoms with Crippen LogP contribution in [-0.4, -0.2) is 30.7 Å². The number of carbonyl (C=O) groups excluding carboxylic acids is 1. The first-order valence-electron chi connectivity index (χ1n) is 5.58. The van der Waals surface area contributed by atoms with Gasteiger partial charge in [0.05, 0.1) is 10.7 Å². The van der Waals surface area contributed by atoms with E-state index in [4.69, 9.17) is 9.26 Å². The van der Waals surface area contributed by atoms with Crippen molar-refractivity contribution in [2.24, 2.45) is 0 Å². The van der Waals surface area contributed by atoms with E-state index in [1.54, 1.807) is 19.3 Å². The van der Waals surface area contributed by atoms with E-state index in [-0.39, 0.29) is 18.1 Å². The maximum atomic E-state index is 12.0. The molecule has 0 aliphatic rings. The van der Waals surface area contributed by atoms with Gasteiger partial charge in [-0.2, -0.15) is 10.1 Å². The minimum atomic E-state index is -0.550. The zero-order valence-corrected chi connectivity index (χ0v) is 11.9. The number of hydrogen-bond acceptors (Lipinski definition) is 7. The Bertz CT molecular complexity index is 781. The normalized spacial score (nSPS) is 10.9. The van der Waals surface area contributed by atoms with Gasteiger partial charge < -0.3 is 9.26 Å². The molecule has 20 heavy (non-hydrogen) atoms. The number of esters is 1. The van der Waals surface area contributed by atoms with Crippen molar-refractivity contribution in [3.05, 3.63) is 40.3 Å². The van der Waals surface area contributed by atoms with Gasteiger partial charge in [0, 0.05) is 12.4 Å². The van der Waals surface area contributed by atoms with E-state index in [9.17, 15) is 4.79 Å². The molecule has 3 heterocycles. The minimum Gasteiger partial charge on any atom is -0.452 e. The number of aryl methyl sites for hydroxylation is 1. The molecule has 0 saturated heterocycles. The van der Waals surface area contributed by atoms with Crippen molar-refractivity contribution in [3.63, 3.8) is 0 Å². The summed E-state index contributed by atoms with van der Waals surface area (Å²) >= 11 is 3.28. The maximum Gasteiger partial charge on any atom is 0.344 e. The van der Waals surface area contributed by atoms with Crippen LogP contribution >= 0.6 is 15.9 Å². The molecule has 0 N–H and O–H groups in total. The highest BCUT2D eigenvalue weighted by molar-refractivity contribution is 9.10. The molecule has 9 heteroatoms. The van der Waals surface area contributed by atoms with Crippen LogP contribution in [0, 0.1) is 6.92 Å². The summed E-state index contributed by atoms with van der Waals surface area (Å²) < 4.78 is 12.2. The second-order valence-corrected chi connectivity index (χ2v) is 4.83. The van der Waals surface area contributed by atoms with Crippen molar-refractivity contribution >= 4 is 27.5 Å². The van der Waals surface area contributed by atoms with E-state index in [1.807, 2.05) is 0 Å². The molecular weight excluding hydrogens is 330 g/mol. The molecule has 0 saturated carbocycles. The van der Waals surface area contributed by atoms with Crippen LogP contribution < -0.4 is 0 Å². The lowest BCUT2D eigenvalue weighted by Gasteiger charge is -1.99. The smallest absolute Gasteiger partial charge is 0.344 e. The van der Waals surface area contributed by atoms with Crippen LogP contribution in [0.15, 0.2) is 27.6 Å². The summed E-state index contributed by atoms with van der Waals surface area (Å²) in [6, 6.07) is 0. The lowest BCUT2D eigenvalue weighted by atomic mass is 10.3. The van der Waals surface area contributed by atoms with Crippen molar-refractivity contribution in [2.75, 3.05) is 0 Å². The van der Waals surface area contributed by atoms with Crippen molar-refractivity contribution < 1.29 is 14.1 Å². The lowest BCUT2D eigenvalue weighted by Crippen LogP contribution is -2.06. The monoisotopic (exact) mass is 337 g/mol. The van der Waals surface area contributed by atoms with E-state index in [2.05, 4.69) is 36.2 Å². The zero-order chi connectivity index (χ0) is 14.1. The number of nitrogens with zero attached hydrogens (tertiary/aromatic N) is 5. The molecule has 0 bridgehead atoms. The van der Waals surface area contributed by atoms with E-state index in [0.29, 0.717) is 11.5 Å². The second kappa shape index (κ2) is 5.00. The maximum absolute atomic E-state index is 12.0. The molecule has 0 amide bonds. The number of aromatic nitrogens is 5. The first-order valence-corrected chi connectivity index (χ1v) is 6.38. The molecule has 102 valence electrons. The highest BCUT2D eigenvalue weighted by Gasteiger charge is 2.16. The summed E-state index contributed by atoms with van der Waals surface area (Å²) in [4.78, 5) is 20.0. The van der Waals surface area contributed by atoms with Crippen LogP contribution in [0.1, 0.15) is 22.1 Å². The van der Waals surface area contributed by atoms with Gasteiger partial charge in [0.2, 0.25) is 0 Å². The molecule has 0 aromatic carbocycles. The Labute approximate surface area is 120 Å². The molecular formula is C11H8BrN5O3. The van der Waals surface area contributed by atoms with E-state index in [1.165, 1.54) is 10.7 Å². The standard InChI is InChI=1S/C11H8BrN5O3/c1-6-15-9(20-16-6)5-19-11(18)8-3-14-17-4-7(12)2-13-10(8)17/h2-4H,5H2,1H3. The Morgan fingerprint density at radius 2 is 2.35 bits per heavy atom. The van der Waals surface area contributed by atoms with E-state index < -0.39 is 5.97 Å².